The number of carboxylic acid groups (broad SMARTS) is 1. The van der Waals surface area contributed by atoms with Crippen LogP contribution in [0.1, 0.15) is 117 Å². The van der Waals surface area contributed by atoms with Gasteiger partial charge in [-0.3, -0.25) is 0 Å². The van der Waals surface area contributed by atoms with Crippen molar-refractivity contribution in [3.05, 3.63) is 71.3 Å². The summed E-state index contributed by atoms with van der Waals surface area (Å²) in [5, 5.41) is 29.8. The van der Waals surface area contributed by atoms with Crippen LogP contribution in [0.2, 0.25) is 0 Å². The first-order chi connectivity index (χ1) is 19.4. The number of carboxylic acids is 1. The molecule has 0 amide bonds. The van der Waals surface area contributed by atoms with E-state index in [1.54, 1.807) is 48.5 Å². The molecule has 3 aromatic carbocycles. The molecule has 0 aliphatic rings. The van der Waals surface area contributed by atoms with Crippen molar-refractivity contribution in [2.75, 3.05) is 6.61 Å². The molecule has 0 aliphatic carbocycles. The zero-order valence-corrected chi connectivity index (χ0v) is 24.2. The van der Waals surface area contributed by atoms with Gasteiger partial charge in [-0.1, -0.05) is 114 Å². The predicted octanol–water partition coefficient (Wildman–Crippen LogP) is 9.06. The quantitative estimate of drug-likeness (QED) is 0.121. The standard InChI is InChI=1S/C24H38O4.C10H8O2/c1-3-5-7-9-11-13-16-20-17-15-18-21(22(20)23(25)26)24(27)28-19-14-12-10-8-6-4-2;11-9-5-1-3-7-8(9)4-2-6-10(7)12/h15,17-18H,3-14,16,19H2,1-2H3,(H,25,26);1-6,11-12H. The van der Waals surface area contributed by atoms with Crippen molar-refractivity contribution in [3.8, 4) is 11.5 Å². The van der Waals surface area contributed by atoms with Crippen LogP contribution in [0.15, 0.2) is 54.6 Å². The van der Waals surface area contributed by atoms with Gasteiger partial charge in [0.05, 0.1) is 17.7 Å². The van der Waals surface area contributed by atoms with Crippen molar-refractivity contribution in [3.63, 3.8) is 0 Å². The van der Waals surface area contributed by atoms with Gasteiger partial charge in [-0.25, -0.2) is 9.59 Å². The van der Waals surface area contributed by atoms with E-state index in [1.165, 1.54) is 44.9 Å². The van der Waals surface area contributed by atoms with Gasteiger partial charge in [-0.05, 0) is 43.0 Å². The van der Waals surface area contributed by atoms with E-state index in [9.17, 15) is 24.9 Å². The van der Waals surface area contributed by atoms with E-state index in [1.807, 2.05) is 6.07 Å². The first-order valence-corrected chi connectivity index (χ1v) is 14.8. The van der Waals surface area contributed by atoms with E-state index >= 15 is 0 Å². The SMILES string of the molecule is CCCCCCCCOC(=O)c1cccc(CCCCCCCC)c1C(=O)O.Oc1cccc2c(O)cccc12. The van der Waals surface area contributed by atoms with Gasteiger partial charge >= 0.3 is 11.9 Å². The zero-order chi connectivity index (χ0) is 29.2. The molecule has 0 fully saturated rings. The summed E-state index contributed by atoms with van der Waals surface area (Å²) in [4.78, 5) is 24.2. The van der Waals surface area contributed by atoms with Gasteiger partial charge in [0, 0.05) is 10.8 Å². The molecule has 218 valence electrons. The summed E-state index contributed by atoms with van der Waals surface area (Å²) in [6.07, 6.45) is 14.3. The number of carbonyl (C=O) groups excluding carboxylic acids is 1. The van der Waals surface area contributed by atoms with Crippen molar-refractivity contribution in [1.82, 2.24) is 0 Å². The van der Waals surface area contributed by atoms with Crippen LogP contribution < -0.4 is 0 Å². The molecule has 0 radical (unpaired) electrons. The topological polar surface area (TPSA) is 104 Å². The van der Waals surface area contributed by atoms with Crippen molar-refractivity contribution < 1.29 is 29.6 Å². The summed E-state index contributed by atoms with van der Waals surface area (Å²) < 4.78 is 5.35. The summed E-state index contributed by atoms with van der Waals surface area (Å²) in [6, 6.07) is 15.3. The van der Waals surface area contributed by atoms with Crippen LogP contribution in [0, 0.1) is 0 Å². The number of aromatic carboxylic acids is 1. The number of unbranched alkanes of at least 4 members (excludes halogenated alkanes) is 10. The van der Waals surface area contributed by atoms with E-state index in [2.05, 4.69) is 13.8 Å². The first-order valence-electron chi connectivity index (χ1n) is 14.8. The van der Waals surface area contributed by atoms with Gasteiger partial charge in [0.25, 0.3) is 0 Å². The van der Waals surface area contributed by atoms with E-state index in [-0.39, 0.29) is 22.6 Å². The van der Waals surface area contributed by atoms with E-state index < -0.39 is 11.9 Å². The van der Waals surface area contributed by atoms with Crippen LogP contribution in [-0.2, 0) is 11.2 Å². The number of rotatable bonds is 16. The Kier molecular flexibility index (Phi) is 15.3. The van der Waals surface area contributed by atoms with Crippen LogP contribution in [0.5, 0.6) is 11.5 Å². The number of aromatic hydroxyl groups is 2. The Morgan fingerprint density at radius 2 is 1.15 bits per heavy atom. The molecule has 0 unspecified atom stereocenters. The smallest absolute Gasteiger partial charge is 0.339 e. The largest absolute Gasteiger partial charge is 0.507 e. The van der Waals surface area contributed by atoms with Gasteiger partial charge in [0.15, 0.2) is 0 Å². The molecule has 6 nitrogen and oxygen atoms in total. The number of esters is 1. The molecular formula is C34H46O6. The second kappa shape index (κ2) is 18.7. The Labute approximate surface area is 239 Å². The minimum absolute atomic E-state index is 0.115. The Hall–Kier alpha value is -3.54. The fraction of sp³-hybridized carbons (Fsp3) is 0.471. The summed E-state index contributed by atoms with van der Waals surface area (Å²) in [6.45, 7) is 4.73. The van der Waals surface area contributed by atoms with E-state index in [4.69, 9.17) is 4.74 Å². The minimum Gasteiger partial charge on any atom is -0.507 e. The zero-order valence-electron chi connectivity index (χ0n) is 24.2. The summed E-state index contributed by atoms with van der Waals surface area (Å²) in [7, 11) is 0. The molecule has 0 spiro atoms. The highest BCUT2D eigenvalue weighted by atomic mass is 16.5. The second-order valence-electron chi connectivity index (χ2n) is 10.2. The molecule has 0 bridgehead atoms. The van der Waals surface area contributed by atoms with E-state index in [0.29, 0.717) is 23.8 Å². The van der Waals surface area contributed by atoms with Crippen LogP contribution in [-0.4, -0.2) is 33.9 Å². The molecule has 0 heterocycles. The molecule has 6 heteroatoms. The van der Waals surface area contributed by atoms with Crippen molar-refractivity contribution in [1.29, 1.82) is 0 Å². The number of carbonyl (C=O) groups is 2. The van der Waals surface area contributed by atoms with Gasteiger partial charge in [-0.15, -0.1) is 0 Å². The third-order valence-electron chi connectivity index (χ3n) is 6.99. The lowest BCUT2D eigenvalue weighted by Crippen LogP contribution is -2.15. The third-order valence-corrected chi connectivity index (χ3v) is 6.99. The Bertz CT molecular complexity index is 1150. The van der Waals surface area contributed by atoms with Crippen molar-refractivity contribution in [2.45, 2.75) is 97.3 Å². The van der Waals surface area contributed by atoms with Gasteiger partial charge < -0.3 is 20.1 Å². The minimum atomic E-state index is -1.05. The first kappa shape index (κ1) is 32.7. The number of aryl methyl sites for hydroxylation is 1. The molecule has 40 heavy (non-hydrogen) atoms. The average molecular weight is 551 g/mol. The lowest BCUT2D eigenvalue weighted by Gasteiger charge is -2.12. The second-order valence-corrected chi connectivity index (χ2v) is 10.2. The highest BCUT2D eigenvalue weighted by Crippen LogP contribution is 2.30. The van der Waals surface area contributed by atoms with Crippen molar-refractivity contribution in [2.24, 2.45) is 0 Å². The molecule has 0 aliphatic heterocycles. The number of phenols is 2. The van der Waals surface area contributed by atoms with Crippen LogP contribution in [0.3, 0.4) is 0 Å². The average Bonchev–Trinajstić information content (AvgIpc) is 2.95. The predicted molar refractivity (Wildman–Crippen MR) is 161 cm³/mol. The Balaban J connectivity index is 0.000000382. The fourth-order valence-corrected chi connectivity index (χ4v) is 4.73. The molecule has 3 rings (SSSR count). The van der Waals surface area contributed by atoms with Crippen LogP contribution in [0.25, 0.3) is 10.8 Å². The van der Waals surface area contributed by atoms with Gasteiger partial charge in [0.1, 0.15) is 11.5 Å². The molecular weight excluding hydrogens is 504 g/mol. The summed E-state index contributed by atoms with van der Waals surface area (Å²) in [5.41, 5.74) is 1.03. The van der Waals surface area contributed by atoms with Gasteiger partial charge in [0.2, 0.25) is 0 Å². The number of hydrogen-bond acceptors (Lipinski definition) is 5. The number of benzene rings is 3. The lowest BCUT2D eigenvalue weighted by atomic mass is 9.96. The number of hydrogen-bond donors (Lipinski definition) is 3. The van der Waals surface area contributed by atoms with Crippen LogP contribution >= 0.6 is 0 Å². The lowest BCUT2D eigenvalue weighted by molar-refractivity contribution is 0.0487. The van der Waals surface area contributed by atoms with Gasteiger partial charge in [-0.2, -0.15) is 0 Å². The maximum absolute atomic E-state index is 12.4. The molecule has 0 saturated heterocycles. The number of ether oxygens (including phenoxy) is 1. The number of fused-ring (bicyclic) bond motifs is 1. The van der Waals surface area contributed by atoms with Crippen LogP contribution in [0.4, 0.5) is 0 Å². The summed E-state index contributed by atoms with van der Waals surface area (Å²) >= 11 is 0. The molecule has 3 aromatic rings. The monoisotopic (exact) mass is 550 g/mol. The highest BCUT2D eigenvalue weighted by molar-refractivity contribution is 6.03. The maximum atomic E-state index is 12.4. The molecule has 0 saturated carbocycles. The molecule has 0 atom stereocenters. The normalized spacial score (nSPS) is 10.7. The Morgan fingerprint density at radius 1 is 0.650 bits per heavy atom. The Morgan fingerprint density at radius 3 is 1.70 bits per heavy atom. The highest BCUT2D eigenvalue weighted by Gasteiger charge is 2.21. The third kappa shape index (κ3) is 10.9. The summed E-state index contributed by atoms with van der Waals surface area (Å²) in [5.74, 6) is -1.17. The molecule has 0 aromatic heterocycles. The number of phenolic OH excluding ortho intramolecular Hbond substituents is 2. The van der Waals surface area contributed by atoms with Crippen molar-refractivity contribution >= 4 is 22.7 Å². The van der Waals surface area contributed by atoms with E-state index in [0.717, 1.165) is 37.7 Å². The maximum Gasteiger partial charge on any atom is 0.339 e. The molecule has 3 N–H and O–H groups in total. The fourth-order valence-electron chi connectivity index (χ4n) is 4.73.